The van der Waals surface area contributed by atoms with Crippen molar-refractivity contribution >= 4 is 5.82 Å². The average Bonchev–Trinajstić information content (AvgIpc) is 2.77. The van der Waals surface area contributed by atoms with E-state index in [0.717, 1.165) is 17.7 Å². The Morgan fingerprint density at radius 1 is 1.35 bits per heavy atom. The van der Waals surface area contributed by atoms with Gasteiger partial charge in [0.15, 0.2) is 0 Å². The molecular weight excluding hydrogens is 214 g/mol. The third-order valence-corrected chi connectivity index (χ3v) is 2.79. The molecule has 0 radical (unpaired) electrons. The summed E-state index contributed by atoms with van der Waals surface area (Å²) in [7, 11) is 1.73. The summed E-state index contributed by atoms with van der Waals surface area (Å²) in [6.07, 6.45) is 1.16. The molecule has 17 heavy (non-hydrogen) atoms. The highest BCUT2D eigenvalue weighted by atomic mass is 16.5. The number of aromatic amines is 1. The Balaban J connectivity index is 2.13. The number of nitrogens with zero attached hydrogens (tertiary/aromatic N) is 1. The van der Waals surface area contributed by atoms with Gasteiger partial charge in [-0.25, -0.2) is 0 Å². The van der Waals surface area contributed by atoms with Crippen molar-refractivity contribution in [1.82, 2.24) is 10.2 Å². The summed E-state index contributed by atoms with van der Waals surface area (Å²) >= 11 is 0. The van der Waals surface area contributed by atoms with Crippen LogP contribution in [0.1, 0.15) is 12.5 Å². The third kappa shape index (κ3) is 2.85. The average molecular weight is 231 g/mol. The number of nitrogens with two attached hydrogens (primary N) is 1. The Morgan fingerprint density at radius 2 is 2.06 bits per heavy atom. The summed E-state index contributed by atoms with van der Waals surface area (Å²) in [5, 5.41) is 6.80. The Labute approximate surface area is 101 Å². The van der Waals surface area contributed by atoms with Gasteiger partial charge in [-0.3, -0.25) is 5.10 Å². The number of methoxy groups -OCH3 is 1. The minimum atomic E-state index is 0.239. The molecule has 2 aromatic rings. The monoisotopic (exact) mass is 231 g/mol. The lowest BCUT2D eigenvalue weighted by molar-refractivity contribution is 0.119. The van der Waals surface area contributed by atoms with E-state index < -0.39 is 0 Å². The number of benzene rings is 1. The fourth-order valence-corrected chi connectivity index (χ4v) is 1.72. The zero-order chi connectivity index (χ0) is 12.3. The number of hydrogen-bond acceptors (Lipinski definition) is 3. The highest BCUT2D eigenvalue weighted by Crippen LogP contribution is 2.19. The summed E-state index contributed by atoms with van der Waals surface area (Å²) in [5.74, 6) is 0.511. The zero-order valence-corrected chi connectivity index (χ0v) is 10.1. The van der Waals surface area contributed by atoms with Crippen LogP contribution in [-0.4, -0.2) is 23.4 Å². The van der Waals surface area contributed by atoms with Crippen molar-refractivity contribution in [2.45, 2.75) is 19.4 Å². The van der Waals surface area contributed by atoms with Crippen LogP contribution in [0, 0.1) is 0 Å². The van der Waals surface area contributed by atoms with E-state index in [4.69, 9.17) is 10.5 Å². The molecule has 3 N–H and O–H groups in total. The molecule has 4 nitrogen and oxygen atoms in total. The molecule has 1 heterocycles. The van der Waals surface area contributed by atoms with Crippen molar-refractivity contribution in [3.05, 3.63) is 35.9 Å². The Hall–Kier alpha value is -1.81. The molecule has 1 unspecified atom stereocenters. The molecule has 0 spiro atoms. The molecule has 0 aliphatic rings. The summed E-state index contributed by atoms with van der Waals surface area (Å²) in [5.41, 5.74) is 8.86. The van der Waals surface area contributed by atoms with Gasteiger partial charge in [0.1, 0.15) is 5.82 Å². The molecule has 0 aliphatic heterocycles. The number of hydrogen-bond donors (Lipinski definition) is 2. The molecule has 0 bridgehead atoms. The largest absolute Gasteiger partial charge is 0.382 e. The number of ether oxygens (including phenoxy) is 1. The Morgan fingerprint density at radius 3 is 2.59 bits per heavy atom. The molecule has 90 valence electrons. The second-order valence-corrected chi connectivity index (χ2v) is 4.15. The summed E-state index contributed by atoms with van der Waals surface area (Å²) in [4.78, 5) is 0. The van der Waals surface area contributed by atoms with E-state index in [2.05, 4.69) is 41.4 Å². The first-order valence-electron chi connectivity index (χ1n) is 5.62. The Bertz CT molecular complexity index is 476. The lowest BCUT2D eigenvalue weighted by Gasteiger charge is -2.09. The summed E-state index contributed by atoms with van der Waals surface area (Å²) in [6.45, 7) is 2.06. The van der Waals surface area contributed by atoms with Crippen molar-refractivity contribution in [3.63, 3.8) is 0 Å². The summed E-state index contributed by atoms with van der Waals surface area (Å²) < 4.78 is 5.24. The van der Waals surface area contributed by atoms with Crippen molar-refractivity contribution < 1.29 is 4.74 Å². The van der Waals surface area contributed by atoms with Gasteiger partial charge in [-0.2, -0.15) is 5.10 Å². The van der Waals surface area contributed by atoms with Crippen molar-refractivity contribution in [3.8, 4) is 11.3 Å². The zero-order valence-electron chi connectivity index (χ0n) is 10.1. The van der Waals surface area contributed by atoms with Crippen LogP contribution < -0.4 is 5.73 Å². The van der Waals surface area contributed by atoms with Crippen LogP contribution in [0.25, 0.3) is 11.3 Å². The number of anilines is 1. The normalized spacial score (nSPS) is 12.6. The first kappa shape index (κ1) is 11.7. The van der Waals surface area contributed by atoms with Crippen LogP contribution >= 0.6 is 0 Å². The molecule has 0 saturated carbocycles. The molecular formula is C13H17N3O. The van der Waals surface area contributed by atoms with Gasteiger partial charge in [0, 0.05) is 13.2 Å². The van der Waals surface area contributed by atoms with E-state index in [-0.39, 0.29) is 6.10 Å². The first-order chi connectivity index (χ1) is 8.19. The van der Waals surface area contributed by atoms with Gasteiger partial charge < -0.3 is 10.5 Å². The van der Waals surface area contributed by atoms with E-state index in [1.807, 2.05) is 6.07 Å². The van der Waals surface area contributed by atoms with Crippen molar-refractivity contribution in [1.29, 1.82) is 0 Å². The van der Waals surface area contributed by atoms with E-state index in [1.165, 1.54) is 5.56 Å². The van der Waals surface area contributed by atoms with Gasteiger partial charge in [-0.15, -0.1) is 0 Å². The second kappa shape index (κ2) is 5.01. The molecule has 0 amide bonds. The number of rotatable bonds is 4. The highest BCUT2D eigenvalue weighted by Gasteiger charge is 2.04. The van der Waals surface area contributed by atoms with Crippen molar-refractivity contribution in [2.75, 3.05) is 12.8 Å². The standard InChI is InChI=1S/C13H17N3O/c1-9(17-2)7-10-3-5-11(6-4-10)12-8-13(14)16-15-12/h3-6,8-9H,7H2,1-2H3,(H3,14,15,16). The molecule has 1 aromatic heterocycles. The van der Waals surface area contributed by atoms with Crippen LogP contribution in [0.3, 0.4) is 0 Å². The van der Waals surface area contributed by atoms with E-state index in [1.54, 1.807) is 7.11 Å². The lowest BCUT2D eigenvalue weighted by Crippen LogP contribution is -2.08. The first-order valence-corrected chi connectivity index (χ1v) is 5.62. The molecule has 0 saturated heterocycles. The second-order valence-electron chi connectivity index (χ2n) is 4.15. The maximum Gasteiger partial charge on any atom is 0.145 e. The van der Waals surface area contributed by atoms with Gasteiger partial charge in [0.05, 0.1) is 11.8 Å². The third-order valence-electron chi connectivity index (χ3n) is 2.79. The van der Waals surface area contributed by atoms with Crippen LogP contribution in [0.2, 0.25) is 0 Å². The van der Waals surface area contributed by atoms with Gasteiger partial charge in [-0.05, 0) is 24.5 Å². The maximum absolute atomic E-state index is 5.57. The maximum atomic E-state index is 5.57. The molecule has 0 fully saturated rings. The van der Waals surface area contributed by atoms with Crippen molar-refractivity contribution in [2.24, 2.45) is 0 Å². The number of H-pyrrole nitrogens is 1. The van der Waals surface area contributed by atoms with Gasteiger partial charge in [-0.1, -0.05) is 24.3 Å². The van der Waals surface area contributed by atoms with Crippen LogP contribution in [0.4, 0.5) is 5.82 Å². The minimum Gasteiger partial charge on any atom is -0.382 e. The van der Waals surface area contributed by atoms with E-state index in [9.17, 15) is 0 Å². The number of aromatic nitrogens is 2. The summed E-state index contributed by atoms with van der Waals surface area (Å²) in [6, 6.07) is 10.1. The van der Waals surface area contributed by atoms with E-state index >= 15 is 0 Å². The smallest absolute Gasteiger partial charge is 0.145 e. The molecule has 1 atom stereocenters. The molecule has 4 heteroatoms. The molecule has 0 aliphatic carbocycles. The lowest BCUT2D eigenvalue weighted by atomic mass is 10.1. The fourth-order valence-electron chi connectivity index (χ4n) is 1.72. The van der Waals surface area contributed by atoms with Crippen LogP contribution in [0.15, 0.2) is 30.3 Å². The molecule has 1 aromatic carbocycles. The van der Waals surface area contributed by atoms with Gasteiger partial charge in [0.25, 0.3) is 0 Å². The van der Waals surface area contributed by atoms with Gasteiger partial charge in [0.2, 0.25) is 0 Å². The van der Waals surface area contributed by atoms with Gasteiger partial charge >= 0.3 is 0 Å². The minimum absolute atomic E-state index is 0.239. The highest BCUT2D eigenvalue weighted by molar-refractivity contribution is 5.62. The SMILES string of the molecule is COC(C)Cc1ccc(-c2cc(N)n[nH]2)cc1. The van der Waals surface area contributed by atoms with E-state index in [0.29, 0.717) is 5.82 Å². The Kier molecular flexibility index (Phi) is 3.44. The predicted molar refractivity (Wildman–Crippen MR) is 68.6 cm³/mol. The van der Waals surface area contributed by atoms with Crippen LogP contribution in [-0.2, 0) is 11.2 Å². The fraction of sp³-hybridized carbons (Fsp3) is 0.308. The molecule has 2 rings (SSSR count). The number of nitrogen functional groups attached to an aromatic ring is 1. The predicted octanol–water partition coefficient (Wildman–Crippen LogP) is 2.24. The quantitative estimate of drug-likeness (QED) is 0.848. The topological polar surface area (TPSA) is 63.9 Å². The van der Waals surface area contributed by atoms with Crippen LogP contribution in [0.5, 0.6) is 0 Å². The number of nitrogens with one attached hydrogen (secondary N) is 1.